The van der Waals surface area contributed by atoms with Gasteiger partial charge in [-0.1, -0.05) is 18.0 Å². The van der Waals surface area contributed by atoms with Crippen LogP contribution in [0.15, 0.2) is 21.3 Å². The molecule has 2 aromatic rings. The zero-order valence-electron chi connectivity index (χ0n) is 13.0. The summed E-state index contributed by atoms with van der Waals surface area (Å²) in [5.74, 6) is 1.52. The third kappa shape index (κ3) is 4.17. The van der Waals surface area contributed by atoms with Gasteiger partial charge in [-0.2, -0.15) is 16.3 Å². The summed E-state index contributed by atoms with van der Waals surface area (Å²) in [5, 5.41) is 11.0. The van der Waals surface area contributed by atoms with Crippen LogP contribution in [0.5, 0.6) is 0 Å². The summed E-state index contributed by atoms with van der Waals surface area (Å²) < 4.78 is 5.21. The molecule has 0 radical (unpaired) electrons. The molecule has 7 heteroatoms. The maximum atomic E-state index is 12.1. The second-order valence-electron chi connectivity index (χ2n) is 5.98. The van der Waals surface area contributed by atoms with Crippen molar-refractivity contribution in [1.82, 2.24) is 15.5 Å². The Balaban J connectivity index is 1.49. The fourth-order valence-electron chi connectivity index (χ4n) is 3.04. The van der Waals surface area contributed by atoms with Gasteiger partial charge in [0.05, 0.1) is 0 Å². The lowest BCUT2D eigenvalue weighted by atomic mass is 9.84. The standard InChI is InChI=1S/C16H22N4O2S/c17-9-11-3-1-2-4-13(11)18-14(21)5-6-15-19-16(20-22-15)12-7-8-23-10-12/h7-8,10-11,13H,1-6,9,17H2,(H,18,21). The van der Waals surface area contributed by atoms with Gasteiger partial charge in [-0.05, 0) is 36.8 Å². The Hall–Kier alpha value is -1.73. The molecule has 1 aliphatic rings. The van der Waals surface area contributed by atoms with E-state index >= 15 is 0 Å². The van der Waals surface area contributed by atoms with Crippen molar-refractivity contribution in [3.05, 3.63) is 22.7 Å². The van der Waals surface area contributed by atoms with E-state index in [4.69, 9.17) is 10.3 Å². The molecule has 1 saturated carbocycles. The summed E-state index contributed by atoms with van der Waals surface area (Å²) in [6, 6.07) is 2.16. The SMILES string of the molecule is NCC1CCCCC1NC(=O)CCc1nc(-c2ccsc2)no1. The van der Waals surface area contributed by atoms with Gasteiger partial charge in [-0.25, -0.2) is 0 Å². The maximum absolute atomic E-state index is 12.1. The van der Waals surface area contributed by atoms with Crippen LogP contribution in [0.2, 0.25) is 0 Å². The van der Waals surface area contributed by atoms with Crippen LogP contribution in [0.1, 0.15) is 38.0 Å². The van der Waals surface area contributed by atoms with Gasteiger partial charge < -0.3 is 15.6 Å². The lowest BCUT2D eigenvalue weighted by Crippen LogP contribution is -2.44. The number of aromatic nitrogens is 2. The number of aryl methyl sites for hydroxylation is 1. The van der Waals surface area contributed by atoms with Crippen molar-refractivity contribution in [2.45, 2.75) is 44.6 Å². The molecule has 124 valence electrons. The van der Waals surface area contributed by atoms with E-state index in [-0.39, 0.29) is 11.9 Å². The van der Waals surface area contributed by atoms with Crippen molar-refractivity contribution >= 4 is 17.2 Å². The van der Waals surface area contributed by atoms with Crippen LogP contribution in [-0.4, -0.2) is 28.6 Å². The van der Waals surface area contributed by atoms with Crippen LogP contribution in [0.3, 0.4) is 0 Å². The highest BCUT2D eigenvalue weighted by Gasteiger charge is 2.25. The molecular weight excluding hydrogens is 312 g/mol. The van der Waals surface area contributed by atoms with E-state index in [1.165, 1.54) is 6.42 Å². The van der Waals surface area contributed by atoms with E-state index in [0.29, 0.717) is 37.0 Å². The van der Waals surface area contributed by atoms with Gasteiger partial charge in [0, 0.05) is 29.8 Å². The van der Waals surface area contributed by atoms with Crippen molar-refractivity contribution in [2.75, 3.05) is 6.54 Å². The minimum atomic E-state index is 0.0330. The van der Waals surface area contributed by atoms with Crippen molar-refractivity contribution in [3.8, 4) is 11.4 Å². The number of hydrogen-bond acceptors (Lipinski definition) is 6. The highest BCUT2D eigenvalue weighted by Crippen LogP contribution is 2.23. The Morgan fingerprint density at radius 3 is 3.09 bits per heavy atom. The van der Waals surface area contributed by atoms with E-state index in [0.717, 1.165) is 24.8 Å². The van der Waals surface area contributed by atoms with Crippen LogP contribution in [-0.2, 0) is 11.2 Å². The Bertz CT molecular complexity index is 626. The predicted octanol–water partition coefficient (Wildman–Crippen LogP) is 2.36. The van der Waals surface area contributed by atoms with Gasteiger partial charge in [-0.15, -0.1) is 0 Å². The predicted molar refractivity (Wildman–Crippen MR) is 88.9 cm³/mol. The molecule has 0 aromatic carbocycles. The van der Waals surface area contributed by atoms with Crippen molar-refractivity contribution in [3.63, 3.8) is 0 Å². The molecule has 1 amide bonds. The molecule has 0 spiro atoms. The summed E-state index contributed by atoms with van der Waals surface area (Å²) in [6.07, 6.45) is 5.32. The van der Waals surface area contributed by atoms with E-state index in [1.807, 2.05) is 16.8 Å². The molecule has 3 rings (SSSR count). The molecule has 6 nitrogen and oxygen atoms in total. The fraction of sp³-hybridized carbons (Fsp3) is 0.562. The summed E-state index contributed by atoms with van der Waals surface area (Å²) in [5.41, 5.74) is 6.75. The first-order valence-corrected chi connectivity index (χ1v) is 9.05. The van der Waals surface area contributed by atoms with Gasteiger partial charge >= 0.3 is 0 Å². The van der Waals surface area contributed by atoms with E-state index in [2.05, 4.69) is 15.5 Å². The van der Waals surface area contributed by atoms with Gasteiger partial charge in [0.1, 0.15) is 0 Å². The Morgan fingerprint density at radius 1 is 1.43 bits per heavy atom. The minimum absolute atomic E-state index is 0.0330. The molecule has 3 N–H and O–H groups in total. The van der Waals surface area contributed by atoms with Gasteiger partial charge in [0.15, 0.2) is 0 Å². The van der Waals surface area contributed by atoms with E-state index in [1.54, 1.807) is 11.3 Å². The average Bonchev–Trinajstić information content (AvgIpc) is 3.24. The number of nitrogens with zero attached hydrogens (tertiary/aromatic N) is 2. The Labute approximate surface area is 139 Å². The largest absolute Gasteiger partial charge is 0.353 e. The van der Waals surface area contributed by atoms with Crippen LogP contribution < -0.4 is 11.1 Å². The molecule has 2 atom stereocenters. The molecule has 0 bridgehead atoms. The lowest BCUT2D eigenvalue weighted by Gasteiger charge is -2.31. The first kappa shape index (κ1) is 16.1. The number of amides is 1. The van der Waals surface area contributed by atoms with Gasteiger partial charge in [0.2, 0.25) is 17.6 Å². The van der Waals surface area contributed by atoms with Crippen molar-refractivity contribution < 1.29 is 9.32 Å². The van der Waals surface area contributed by atoms with E-state index in [9.17, 15) is 4.79 Å². The summed E-state index contributed by atoms with van der Waals surface area (Å²) >= 11 is 1.59. The first-order valence-electron chi connectivity index (χ1n) is 8.11. The van der Waals surface area contributed by atoms with Crippen LogP contribution >= 0.6 is 11.3 Å². The van der Waals surface area contributed by atoms with Crippen LogP contribution in [0, 0.1) is 5.92 Å². The zero-order chi connectivity index (χ0) is 16.1. The number of carbonyl (C=O) groups is 1. The summed E-state index contributed by atoms with van der Waals surface area (Å²) in [4.78, 5) is 16.5. The molecule has 0 aliphatic heterocycles. The highest BCUT2D eigenvalue weighted by molar-refractivity contribution is 7.08. The smallest absolute Gasteiger partial charge is 0.227 e. The molecule has 1 fully saturated rings. The van der Waals surface area contributed by atoms with Gasteiger partial charge in [0.25, 0.3) is 0 Å². The topological polar surface area (TPSA) is 94.0 Å². The Morgan fingerprint density at radius 2 is 2.30 bits per heavy atom. The molecule has 2 unspecified atom stereocenters. The number of rotatable bonds is 6. The second kappa shape index (κ2) is 7.70. The first-order chi connectivity index (χ1) is 11.3. The third-order valence-corrected chi connectivity index (χ3v) is 5.05. The molecule has 23 heavy (non-hydrogen) atoms. The zero-order valence-corrected chi connectivity index (χ0v) is 13.8. The minimum Gasteiger partial charge on any atom is -0.353 e. The fourth-order valence-corrected chi connectivity index (χ4v) is 3.68. The number of thiophene rings is 1. The summed E-state index contributed by atoms with van der Waals surface area (Å²) in [7, 11) is 0. The van der Waals surface area contributed by atoms with E-state index < -0.39 is 0 Å². The normalized spacial score (nSPS) is 21.3. The molecule has 2 heterocycles. The number of nitrogens with two attached hydrogens (primary N) is 1. The number of hydrogen-bond donors (Lipinski definition) is 2. The van der Waals surface area contributed by atoms with Crippen molar-refractivity contribution in [2.24, 2.45) is 11.7 Å². The molecule has 0 saturated heterocycles. The third-order valence-electron chi connectivity index (χ3n) is 4.37. The van der Waals surface area contributed by atoms with Crippen LogP contribution in [0.4, 0.5) is 0 Å². The monoisotopic (exact) mass is 334 g/mol. The van der Waals surface area contributed by atoms with Gasteiger partial charge in [-0.3, -0.25) is 4.79 Å². The molecule has 1 aliphatic carbocycles. The maximum Gasteiger partial charge on any atom is 0.227 e. The summed E-state index contributed by atoms with van der Waals surface area (Å²) in [6.45, 7) is 0.638. The molecular formula is C16H22N4O2S. The van der Waals surface area contributed by atoms with Crippen LogP contribution in [0.25, 0.3) is 11.4 Å². The average molecular weight is 334 g/mol. The lowest BCUT2D eigenvalue weighted by molar-refractivity contribution is -0.122. The second-order valence-corrected chi connectivity index (χ2v) is 6.76. The Kier molecular flexibility index (Phi) is 5.40. The van der Waals surface area contributed by atoms with Crippen molar-refractivity contribution in [1.29, 1.82) is 0 Å². The quantitative estimate of drug-likeness (QED) is 0.846. The number of nitrogens with one attached hydrogen (secondary N) is 1. The molecule has 2 aromatic heterocycles. The highest BCUT2D eigenvalue weighted by atomic mass is 32.1. The number of carbonyl (C=O) groups excluding carboxylic acids is 1.